The molecule has 43 heteroatoms. The molecule has 2 saturated heterocycles. The summed E-state index contributed by atoms with van der Waals surface area (Å²) < 4.78 is 28.7. The number of aliphatic imine (C=N–C) groups is 1. The van der Waals surface area contributed by atoms with E-state index in [1.807, 2.05) is 0 Å². The number of rotatable bonds is 36. The maximum atomic E-state index is 15.2. The zero-order chi connectivity index (χ0) is 72.4. The summed E-state index contributed by atoms with van der Waals surface area (Å²) >= 11 is 2.46. The van der Waals surface area contributed by atoms with Crippen LogP contribution in [0.25, 0.3) is 10.7 Å². The van der Waals surface area contributed by atoms with E-state index >= 15 is 4.79 Å². The second kappa shape index (κ2) is 36.5. The van der Waals surface area contributed by atoms with E-state index in [2.05, 4.69) is 66.8 Å². The summed E-state index contributed by atoms with van der Waals surface area (Å²) in [5.74, 6) is -8.85. The van der Waals surface area contributed by atoms with E-state index in [9.17, 15) is 74.4 Å². The Bertz CT molecular complexity index is 3380. The minimum Gasteiger partial charge on any atom is -0.441 e. The Hall–Kier alpha value is -8.38. The maximum absolute atomic E-state index is 15.2. The minimum absolute atomic E-state index is 0.0175. The number of hydrogen-bond donors (Lipinski definition) is 22. The number of H-pyrrole nitrogens is 1. The predicted molar refractivity (Wildman–Crippen MR) is 340 cm³/mol. The topological polar surface area (TPSA) is 691 Å². The molecule has 4 aromatic rings. The number of aliphatic hydroxyl groups is 8. The zero-order valence-corrected chi connectivity index (χ0v) is 54.9. The summed E-state index contributed by atoms with van der Waals surface area (Å²) in [6, 6.07) is -7.89. The fourth-order valence-corrected chi connectivity index (χ4v) is 11.5. The molecule has 0 unspecified atom stereocenters. The Balaban J connectivity index is 1.24. The van der Waals surface area contributed by atoms with E-state index < -0.39 is 183 Å². The number of guanidine groups is 1. The molecule has 0 aliphatic carbocycles. The molecule has 2 fully saturated rings. The molecular formula is C55H84N20O21S2. The molecule has 4 aromatic heterocycles. The van der Waals surface area contributed by atoms with Crippen molar-refractivity contribution in [3.8, 4) is 10.7 Å². The third-order valence-corrected chi connectivity index (χ3v) is 17.2. The van der Waals surface area contributed by atoms with Crippen molar-refractivity contribution in [2.45, 2.75) is 163 Å². The van der Waals surface area contributed by atoms with Gasteiger partial charge in [0.25, 0.3) is 11.8 Å². The number of carbonyl (C=O) groups is 8. The van der Waals surface area contributed by atoms with Crippen molar-refractivity contribution in [2.24, 2.45) is 45.3 Å². The van der Waals surface area contributed by atoms with Crippen molar-refractivity contribution in [3.05, 3.63) is 56.8 Å². The van der Waals surface area contributed by atoms with Crippen LogP contribution in [0.3, 0.4) is 0 Å². The number of aliphatic hydroxyl groups excluding tert-OH is 8. The molecule has 0 radical (unpaired) electrons. The number of anilines is 1. The van der Waals surface area contributed by atoms with Gasteiger partial charge in [-0.15, -0.1) is 22.7 Å². The lowest BCUT2D eigenvalue weighted by Crippen LogP contribution is -2.65. The van der Waals surface area contributed by atoms with Crippen LogP contribution in [0, 0.1) is 12.8 Å². The number of thiazole rings is 2. The van der Waals surface area contributed by atoms with Crippen molar-refractivity contribution in [1.82, 2.24) is 61.8 Å². The lowest BCUT2D eigenvalue weighted by atomic mass is 9.96. The van der Waals surface area contributed by atoms with Gasteiger partial charge in [0, 0.05) is 55.3 Å². The van der Waals surface area contributed by atoms with E-state index in [0.717, 1.165) is 12.5 Å². The number of hydrogen-bond acceptors (Lipinski definition) is 32. The first-order valence-electron chi connectivity index (χ1n) is 30.4. The van der Waals surface area contributed by atoms with Crippen LogP contribution in [0.15, 0.2) is 28.3 Å². The Morgan fingerprint density at radius 1 is 0.765 bits per heavy atom. The number of unbranched alkanes of at least 4 members (excludes halogenated alkanes) is 1. The number of nitrogen functional groups attached to an aromatic ring is 1. The van der Waals surface area contributed by atoms with Crippen molar-refractivity contribution in [3.63, 3.8) is 0 Å². The number of imidazole rings is 1. The van der Waals surface area contributed by atoms with Gasteiger partial charge in [0.15, 0.2) is 24.6 Å². The molecule has 8 amide bonds. The molecule has 2 aliphatic rings. The highest BCUT2D eigenvalue weighted by molar-refractivity contribution is 7.14. The largest absolute Gasteiger partial charge is 0.441 e. The summed E-state index contributed by atoms with van der Waals surface area (Å²) in [6.07, 6.45) is -23.9. The van der Waals surface area contributed by atoms with Crippen LogP contribution in [0.5, 0.6) is 0 Å². The van der Waals surface area contributed by atoms with Crippen LogP contribution in [0.1, 0.15) is 95.2 Å². The zero-order valence-electron chi connectivity index (χ0n) is 53.3. The van der Waals surface area contributed by atoms with Gasteiger partial charge in [-0.1, -0.05) is 6.92 Å². The standard InChI is InChI=1S/C55H84N20O21S2/c1-19-32(72-45(75-43(19)58)24(11-30(57)79)67-12-23(56)44(59)85)49(89)74-34(40(25-13-63-18-68-25)94-53-42(38(83)36(81)28(14-76)93-53)95-52-39(84)41(96-55(62)91)37(82)29(15-77)92-52)50(90)69-21(3)35(80)20(2)46(86)73-33(22(4)78)48(88)65-10-7-31-70-27(17-97-31)51-71-26(16-98-51)47(87)64-8-5-6-9-66-54(60)61/h13,16-18,20-24,28-29,33-42,52-53,67,76-78,80-84H,5-12,14-15,56H2,1-4H3,(H2,57,79)(H2,59,85)(H2,62,91)(H,63,68)(H,64,87)(H,65,88)(H,69,90)(H,73,86)(H,74,89)(H2,58,72,75)(H4,60,61,66)/t20-,21+,22+,23-,24+,28-,29+,33-,34-,35-,36+,37+,38-,39-,40-,41-,42-,52+,53-/m0/s1. The summed E-state index contributed by atoms with van der Waals surface area (Å²) in [6.45, 7) is 3.39. The average Bonchev–Trinajstić information content (AvgIpc) is 0.925. The first-order valence-corrected chi connectivity index (χ1v) is 32.1. The summed E-state index contributed by atoms with van der Waals surface area (Å²) in [5.41, 5.74) is 38.6. The van der Waals surface area contributed by atoms with E-state index in [1.54, 1.807) is 10.8 Å². The van der Waals surface area contributed by atoms with Crippen LogP contribution in [-0.2, 0) is 54.1 Å². The number of aromatic amines is 1. The van der Waals surface area contributed by atoms with Crippen LogP contribution in [0.4, 0.5) is 10.6 Å². The maximum Gasteiger partial charge on any atom is 0.404 e. The smallest absolute Gasteiger partial charge is 0.404 e. The number of nitrogens with zero attached hydrogens (tertiary/aromatic N) is 6. The fourth-order valence-electron chi connectivity index (χ4n) is 9.88. The molecule has 41 nitrogen and oxygen atoms in total. The molecule has 6 heterocycles. The Labute approximate surface area is 565 Å². The average molecular weight is 1430 g/mol. The Morgan fingerprint density at radius 2 is 1.46 bits per heavy atom. The van der Waals surface area contributed by atoms with Gasteiger partial charge < -0.3 is 142 Å². The van der Waals surface area contributed by atoms with Crippen molar-refractivity contribution >= 4 is 81.9 Å². The monoisotopic (exact) mass is 1420 g/mol. The van der Waals surface area contributed by atoms with E-state index in [4.69, 9.17) is 63.8 Å². The van der Waals surface area contributed by atoms with Gasteiger partial charge in [-0.2, -0.15) is 0 Å². The predicted octanol–water partition coefficient (Wildman–Crippen LogP) is -8.92. The number of nitrogens with two attached hydrogens (primary N) is 7. The third-order valence-electron chi connectivity index (χ3n) is 15.4. The minimum atomic E-state index is -2.20. The van der Waals surface area contributed by atoms with Crippen LogP contribution in [-0.4, -0.2) is 261 Å². The van der Waals surface area contributed by atoms with Gasteiger partial charge in [-0.05, 0) is 33.6 Å². The molecule has 0 aromatic carbocycles. The van der Waals surface area contributed by atoms with Crippen molar-refractivity contribution in [2.75, 3.05) is 45.1 Å². The number of aromatic nitrogens is 6. The number of nitrogens with one attached hydrogen (secondary N) is 7. The summed E-state index contributed by atoms with van der Waals surface area (Å²) in [4.78, 5) is 135. The van der Waals surface area contributed by atoms with Gasteiger partial charge in [0.2, 0.25) is 29.5 Å². The lowest BCUT2D eigenvalue weighted by molar-refractivity contribution is -0.372. The number of primary amides is 3. The molecule has 6 rings (SSSR count). The van der Waals surface area contributed by atoms with Gasteiger partial charge in [-0.25, -0.2) is 29.7 Å². The lowest BCUT2D eigenvalue weighted by Gasteiger charge is -2.47. The van der Waals surface area contributed by atoms with Crippen molar-refractivity contribution in [1.29, 1.82) is 0 Å². The SMILES string of the molecule is Cc1c(N)nc([C@@H](CC(N)=O)NC[C@H](N)C(N)=O)nc1C(=O)N[C@H](C(=O)N[C@H](C)[C@@H](O)[C@H](C)C(=O)N[C@H](C(=O)NCCc1nc(-c2nc(C(=O)NCCCCN=C(N)N)cs2)cs1)[C@@H](C)O)[C@@H](O[C@@H]1O[C@@H](CO)[C@@H](O)[C@H](O)[C@@H]1O[C@H]1O[C@H](CO)[C@@H](O)[C@H](OC(N)=O)[C@@H]1O)c1cnc[nH]1. The Kier molecular flexibility index (Phi) is 29.2. The molecule has 29 N–H and O–H groups in total. The first-order chi connectivity index (χ1) is 46.3. The number of carbonyl (C=O) groups excluding carboxylic acids is 8. The van der Waals surface area contributed by atoms with E-state index in [0.29, 0.717) is 41.6 Å². The molecule has 0 bridgehead atoms. The molecule has 2 aliphatic heterocycles. The normalized spacial score (nSPS) is 23.6. The molecular weight excluding hydrogens is 1340 g/mol. The quantitative estimate of drug-likeness (QED) is 0.0114. The highest BCUT2D eigenvalue weighted by atomic mass is 32.1. The van der Waals surface area contributed by atoms with Gasteiger partial charge in [-0.3, -0.25) is 38.6 Å². The highest BCUT2D eigenvalue weighted by Gasteiger charge is 2.54. The third kappa shape index (κ3) is 21.1. The fraction of sp³-hybridized carbons (Fsp3) is 0.600. The summed E-state index contributed by atoms with van der Waals surface area (Å²) in [7, 11) is 0. The molecule has 19 atom stereocenters. The van der Waals surface area contributed by atoms with Gasteiger partial charge >= 0.3 is 6.09 Å². The number of ether oxygens (including phenoxy) is 5. The second-order valence-electron chi connectivity index (χ2n) is 22.8. The van der Waals surface area contributed by atoms with Crippen LogP contribution in [0.2, 0.25) is 0 Å². The molecule has 542 valence electrons. The summed E-state index contributed by atoms with van der Waals surface area (Å²) in [5, 5.41) is 108. The second-order valence-corrected chi connectivity index (χ2v) is 24.6. The van der Waals surface area contributed by atoms with Crippen molar-refractivity contribution < 1.29 is 103 Å². The van der Waals surface area contributed by atoms with E-state index in [-0.39, 0.29) is 60.0 Å². The molecule has 0 saturated carbocycles. The van der Waals surface area contributed by atoms with Crippen LogP contribution >= 0.6 is 22.7 Å². The Morgan fingerprint density at radius 3 is 2.09 bits per heavy atom. The van der Waals surface area contributed by atoms with Gasteiger partial charge in [0.05, 0.1) is 72.7 Å². The molecule has 98 heavy (non-hydrogen) atoms. The number of amides is 8. The molecule has 0 spiro atoms. The highest BCUT2D eigenvalue weighted by Crippen LogP contribution is 2.35. The van der Waals surface area contributed by atoms with Gasteiger partial charge in [0.1, 0.15) is 94.6 Å². The first kappa shape index (κ1) is 78.6. The van der Waals surface area contributed by atoms with Crippen LogP contribution < -0.4 is 72.0 Å². The van der Waals surface area contributed by atoms with E-state index in [1.165, 1.54) is 50.4 Å².